The first-order valence-electron chi connectivity index (χ1n) is 4.50. The van der Waals surface area contributed by atoms with Gasteiger partial charge in [0.1, 0.15) is 17.3 Å². The molecule has 0 aliphatic carbocycles. The van der Waals surface area contributed by atoms with E-state index in [0.717, 1.165) is 12.1 Å². The van der Waals surface area contributed by atoms with E-state index in [9.17, 15) is 13.6 Å². The van der Waals surface area contributed by atoms with Gasteiger partial charge < -0.3 is 11.1 Å². The minimum Gasteiger partial charge on any atom is -0.327 e. The molecule has 82 valence electrons. The zero-order valence-corrected chi connectivity index (χ0v) is 8.26. The van der Waals surface area contributed by atoms with Gasteiger partial charge in [0, 0.05) is 12.5 Å². The summed E-state index contributed by atoms with van der Waals surface area (Å²) >= 11 is 0. The Hall–Kier alpha value is -1.49. The number of nitrogens with two attached hydrogens (primary N) is 1. The molecular weight excluding hydrogens is 202 g/mol. The first kappa shape index (κ1) is 11.6. The maximum atomic E-state index is 13.1. The van der Waals surface area contributed by atoms with Gasteiger partial charge in [-0.15, -0.1) is 0 Å². The summed E-state index contributed by atoms with van der Waals surface area (Å²) in [7, 11) is 0. The predicted molar refractivity (Wildman–Crippen MR) is 53.3 cm³/mol. The molecule has 1 aromatic carbocycles. The number of hydrogen-bond acceptors (Lipinski definition) is 2. The van der Waals surface area contributed by atoms with Crippen molar-refractivity contribution in [2.24, 2.45) is 5.73 Å². The van der Waals surface area contributed by atoms with E-state index in [1.165, 1.54) is 6.07 Å². The third kappa shape index (κ3) is 3.28. The van der Waals surface area contributed by atoms with Crippen molar-refractivity contribution < 1.29 is 13.6 Å². The number of benzene rings is 1. The van der Waals surface area contributed by atoms with Crippen LogP contribution in [0.2, 0.25) is 0 Å². The van der Waals surface area contributed by atoms with Crippen LogP contribution in [0, 0.1) is 11.6 Å². The number of amides is 1. The van der Waals surface area contributed by atoms with Crippen LogP contribution in [0.4, 0.5) is 14.5 Å². The predicted octanol–water partition coefficient (Wildman–Crippen LogP) is 1.64. The van der Waals surface area contributed by atoms with Gasteiger partial charge in [0.15, 0.2) is 0 Å². The van der Waals surface area contributed by atoms with Gasteiger partial charge in [-0.25, -0.2) is 8.78 Å². The lowest BCUT2D eigenvalue weighted by Gasteiger charge is -2.08. The molecule has 0 saturated heterocycles. The number of carbonyl (C=O) groups is 1. The van der Waals surface area contributed by atoms with Crippen molar-refractivity contribution in [1.82, 2.24) is 0 Å². The Bertz CT molecular complexity index is 346. The van der Waals surface area contributed by atoms with Crippen LogP contribution in [-0.2, 0) is 4.79 Å². The SMILES string of the molecule is CC(N)CC(=O)Nc1c(F)cccc1F. The normalized spacial score (nSPS) is 12.3. The van der Waals surface area contributed by atoms with Gasteiger partial charge in [-0.1, -0.05) is 6.07 Å². The molecule has 15 heavy (non-hydrogen) atoms. The molecule has 0 heterocycles. The van der Waals surface area contributed by atoms with Crippen LogP contribution in [0.25, 0.3) is 0 Å². The van der Waals surface area contributed by atoms with E-state index in [2.05, 4.69) is 5.32 Å². The molecule has 0 spiro atoms. The lowest BCUT2D eigenvalue weighted by atomic mass is 10.2. The fourth-order valence-electron chi connectivity index (χ4n) is 1.10. The van der Waals surface area contributed by atoms with Crippen LogP contribution in [0.15, 0.2) is 18.2 Å². The van der Waals surface area contributed by atoms with Gasteiger partial charge in [-0.2, -0.15) is 0 Å². The summed E-state index contributed by atoms with van der Waals surface area (Å²) in [6, 6.07) is 3.03. The summed E-state index contributed by atoms with van der Waals surface area (Å²) < 4.78 is 26.1. The Balaban J connectivity index is 2.76. The maximum Gasteiger partial charge on any atom is 0.226 e. The average Bonchev–Trinajstić information content (AvgIpc) is 2.10. The Morgan fingerprint density at radius 1 is 1.47 bits per heavy atom. The minimum absolute atomic E-state index is 0.0216. The highest BCUT2D eigenvalue weighted by Crippen LogP contribution is 2.18. The van der Waals surface area contributed by atoms with Gasteiger partial charge in [-0.3, -0.25) is 4.79 Å². The number of para-hydroxylation sites is 1. The lowest BCUT2D eigenvalue weighted by Crippen LogP contribution is -2.24. The largest absolute Gasteiger partial charge is 0.327 e. The number of halogens is 2. The highest BCUT2D eigenvalue weighted by atomic mass is 19.1. The highest BCUT2D eigenvalue weighted by molar-refractivity contribution is 5.91. The van der Waals surface area contributed by atoms with Crippen LogP contribution < -0.4 is 11.1 Å². The standard InChI is InChI=1S/C10H12F2N2O/c1-6(13)5-9(15)14-10-7(11)3-2-4-8(10)12/h2-4,6H,5,13H2,1H3,(H,14,15). The maximum absolute atomic E-state index is 13.1. The second kappa shape index (κ2) is 4.84. The number of anilines is 1. The number of hydrogen-bond donors (Lipinski definition) is 2. The van der Waals surface area contributed by atoms with Crippen molar-refractivity contribution >= 4 is 11.6 Å². The third-order valence-electron chi connectivity index (χ3n) is 1.73. The Kier molecular flexibility index (Phi) is 3.74. The van der Waals surface area contributed by atoms with Crippen LogP contribution >= 0.6 is 0 Å². The van der Waals surface area contributed by atoms with E-state index in [-0.39, 0.29) is 12.5 Å². The molecule has 0 saturated carbocycles. The van der Waals surface area contributed by atoms with Gasteiger partial charge in [-0.05, 0) is 19.1 Å². The molecule has 3 nitrogen and oxygen atoms in total. The molecule has 0 aromatic heterocycles. The van der Waals surface area contributed by atoms with Crippen LogP contribution in [0.1, 0.15) is 13.3 Å². The van der Waals surface area contributed by atoms with Gasteiger partial charge in [0.2, 0.25) is 5.91 Å². The summed E-state index contributed by atoms with van der Waals surface area (Å²) in [4.78, 5) is 11.2. The summed E-state index contributed by atoms with van der Waals surface area (Å²) in [5.74, 6) is -2.10. The molecule has 3 N–H and O–H groups in total. The quantitative estimate of drug-likeness (QED) is 0.803. The topological polar surface area (TPSA) is 55.1 Å². The number of carbonyl (C=O) groups excluding carboxylic acids is 1. The number of rotatable bonds is 3. The Morgan fingerprint density at radius 3 is 2.47 bits per heavy atom. The average molecular weight is 214 g/mol. The molecule has 0 aliphatic heterocycles. The van der Waals surface area contributed by atoms with E-state index in [1.54, 1.807) is 6.92 Å². The van der Waals surface area contributed by atoms with E-state index < -0.39 is 23.2 Å². The molecule has 1 atom stereocenters. The highest BCUT2D eigenvalue weighted by Gasteiger charge is 2.12. The first-order valence-corrected chi connectivity index (χ1v) is 4.50. The second-order valence-corrected chi connectivity index (χ2v) is 3.33. The summed E-state index contributed by atoms with van der Waals surface area (Å²) in [6.45, 7) is 1.64. The molecule has 0 aliphatic rings. The molecule has 1 aromatic rings. The monoisotopic (exact) mass is 214 g/mol. The van der Waals surface area contributed by atoms with Crippen LogP contribution in [0.5, 0.6) is 0 Å². The van der Waals surface area contributed by atoms with E-state index in [4.69, 9.17) is 5.73 Å². The van der Waals surface area contributed by atoms with E-state index in [1.807, 2.05) is 0 Å². The third-order valence-corrected chi connectivity index (χ3v) is 1.73. The zero-order chi connectivity index (χ0) is 11.4. The molecule has 1 unspecified atom stereocenters. The van der Waals surface area contributed by atoms with E-state index >= 15 is 0 Å². The number of nitrogens with one attached hydrogen (secondary N) is 1. The molecule has 1 amide bonds. The molecular formula is C10H12F2N2O. The van der Waals surface area contributed by atoms with Gasteiger partial charge in [0.25, 0.3) is 0 Å². The molecule has 1 rings (SSSR count). The first-order chi connectivity index (χ1) is 7.00. The summed E-state index contributed by atoms with van der Waals surface area (Å²) in [5.41, 5.74) is 4.95. The van der Waals surface area contributed by atoms with Crippen molar-refractivity contribution in [3.05, 3.63) is 29.8 Å². The minimum atomic E-state index is -0.798. The van der Waals surface area contributed by atoms with Crippen molar-refractivity contribution in [3.8, 4) is 0 Å². The Labute approximate surface area is 86.3 Å². The fourth-order valence-corrected chi connectivity index (χ4v) is 1.10. The molecule has 5 heteroatoms. The fraction of sp³-hybridized carbons (Fsp3) is 0.300. The smallest absolute Gasteiger partial charge is 0.226 e. The van der Waals surface area contributed by atoms with Crippen LogP contribution in [0.3, 0.4) is 0 Å². The Morgan fingerprint density at radius 2 is 2.00 bits per heavy atom. The summed E-state index contributed by atoms with van der Waals surface area (Å²) in [5, 5.41) is 2.14. The molecule has 0 fully saturated rings. The van der Waals surface area contributed by atoms with Crippen molar-refractivity contribution in [2.45, 2.75) is 19.4 Å². The zero-order valence-electron chi connectivity index (χ0n) is 8.26. The summed E-state index contributed by atoms with van der Waals surface area (Å²) in [6.07, 6.45) is 0.0216. The lowest BCUT2D eigenvalue weighted by molar-refractivity contribution is -0.116. The van der Waals surface area contributed by atoms with E-state index in [0.29, 0.717) is 0 Å². The molecule has 0 bridgehead atoms. The molecule has 0 radical (unpaired) electrons. The van der Waals surface area contributed by atoms with Crippen LogP contribution in [-0.4, -0.2) is 11.9 Å². The second-order valence-electron chi connectivity index (χ2n) is 3.33. The van der Waals surface area contributed by atoms with Crippen molar-refractivity contribution in [1.29, 1.82) is 0 Å². The van der Waals surface area contributed by atoms with Gasteiger partial charge in [0.05, 0.1) is 0 Å². The van der Waals surface area contributed by atoms with Crippen molar-refractivity contribution in [3.63, 3.8) is 0 Å². The van der Waals surface area contributed by atoms with Crippen molar-refractivity contribution in [2.75, 3.05) is 5.32 Å². The van der Waals surface area contributed by atoms with Gasteiger partial charge >= 0.3 is 0 Å².